The summed E-state index contributed by atoms with van der Waals surface area (Å²) >= 11 is 0. The first-order chi connectivity index (χ1) is 19.3. The number of aromatic nitrogens is 4. The molecule has 0 amide bonds. The summed E-state index contributed by atoms with van der Waals surface area (Å²) in [7, 11) is 0. The minimum absolute atomic E-state index is 0. The summed E-state index contributed by atoms with van der Waals surface area (Å²) < 4.78 is 49.5. The molecular weight excluding hydrogens is 566 g/mol. The summed E-state index contributed by atoms with van der Waals surface area (Å²) in [5, 5.41) is 18.8. The molecule has 0 radical (unpaired) electrons. The molecule has 0 saturated heterocycles. The van der Waals surface area contributed by atoms with E-state index in [9.17, 15) is 4.79 Å². The Morgan fingerprint density at radius 3 is 1.83 bits per heavy atom. The van der Waals surface area contributed by atoms with Crippen LogP contribution in [0, 0.1) is 33.5 Å². The van der Waals surface area contributed by atoms with Crippen molar-refractivity contribution >= 4 is 12.6 Å². The predicted octanol–water partition coefficient (Wildman–Crippen LogP) is -2.07. The van der Waals surface area contributed by atoms with E-state index >= 15 is 0 Å². The van der Waals surface area contributed by atoms with Crippen molar-refractivity contribution in [3.63, 3.8) is 0 Å². The van der Waals surface area contributed by atoms with Gasteiger partial charge in [-0.05, 0) is 42.4 Å². The fraction of sp³-hybridized carbons (Fsp3) is 0.714. The molecule has 3 N–H and O–H groups in total. The summed E-state index contributed by atoms with van der Waals surface area (Å²) in [5.41, 5.74) is -1.04. The average Bonchev–Trinajstić information content (AvgIpc) is 3.27. The van der Waals surface area contributed by atoms with E-state index in [1.807, 2.05) is 27.7 Å². The molecule has 0 aliphatic heterocycles. The minimum Gasteiger partial charge on any atom is -1.00 e. The van der Waals surface area contributed by atoms with Gasteiger partial charge in [0, 0.05) is 30.2 Å². The van der Waals surface area contributed by atoms with Crippen molar-refractivity contribution in [1.82, 2.24) is 20.0 Å². The molecule has 2 heterocycles. The van der Waals surface area contributed by atoms with Crippen molar-refractivity contribution < 1.29 is 105 Å². The van der Waals surface area contributed by atoms with Gasteiger partial charge in [0.25, 0.3) is 6.47 Å². The van der Waals surface area contributed by atoms with Gasteiger partial charge in [-0.2, -0.15) is 9.78 Å². The zero-order valence-corrected chi connectivity index (χ0v) is 31.2. The summed E-state index contributed by atoms with van der Waals surface area (Å²) in [5.74, 6) is 0.0767. The summed E-state index contributed by atoms with van der Waals surface area (Å²) in [4.78, 5) is 23.2. The van der Waals surface area contributed by atoms with Crippen LogP contribution in [0.1, 0.15) is 83.1 Å². The summed E-state index contributed by atoms with van der Waals surface area (Å²) in [6, 6.07) is 3.09. The van der Waals surface area contributed by atoms with Crippen LogP contribution in [0.4, 0.5) is 4.79 Å². The number of carbonyl (C=O) groups is 2. The number of rotatable bonds is 7. The first-order valence-corrected chi connectivity index (χ1v) is 12.7. The molecule has 4 rings (SSSR count). The van der Waals surface area contributed by atoms with Crippen LogP contribution in [0.15, 0.2) is 24.5 Å². The van der Waals surface area contributed by atoms with E-state index in [1.54, 1.807) is 33.0 Å². The van der Waals surface area contributed by atoms with Crippen molar-refractivity contribution in [2.45, 2.75) is 81.8 Å². The second-order valence-corrected chi connectivity index (χ2v) is 12.9. The van der Waals surface area contributed by atoms with Gasteiger partial charge in [-0.1, -0.05) is 55.4 Å². The predicted molar refractivity (Wildman–Crippen MR) is 147 cm³/mol. The van der Waals surface area contributed by atoms with Crippen LogP contribution < -0.4 is 73.8 Å². The molecule has 2 aromatic heterocycles. The Hall–Kier alpha value is -1.12. The number of aromatic amines is 1. The van der Waals surface area contributed by atoms with Gasteiger partial charge in [-0.25, -0.2) is 9.89 Å². The maximum absolute atomic E-state index is 11.9. The number of hydrogen-bond acceptors (Lipinski definition) is 9. The number of nitrogens with one attached hydrogen (secondary N) is 1. The van der Waals surface area contributed by atoms with Crippen LogP contribution in [0.3, 0.4) is 0 Å². The van der Waals surface area contributed by atoms with E-state index in [0.717, 1.165) is 4.68 Å². The first kappa shape index (κ1) is 35.4. The van der Waals surface area contributed by atoms with Gasteiger partial charge >= 0.3 is 65.2 Å². The van der Waals surface area contributed by atoms with Crippen LogP contribution >= 0.6 is 0 Å². The molecule has 0 unspecified atom stereocenters. The minimum atomic E-state index is -1.86. The Bertz CT molecular complexity index is 1240. The molecule has 0 aromatic carbocycles. The fourth-order valence-electron chi connectivity index (χ4n) is 4.30. The van der Waals surface area contributed by atoms with Crippen LogP contribution in [0.2, 0.25) is 0 Å². The number of ether oxygens (including phenoxy) is 3. The van der Waals surface area contributed by atoms with Crippen molar-refractivity contribution in [2.24, 2.45) is 33.5 Å². The molecule has 2 aromatic rings. The van der Waals surface area contributed by atoms with Gasteiger partial charge in [-0.3, -0.25) is 4.79 Å². The maximum atomic E-state index is 11.9. The monoisotopic (exact) mass is 618 g/mol. The fourth-order valence-corrected chi connectivity index (χ4v) is 4.30. The Morgan fingerprint density at radius 1 is 1.02 bits per heavy atom. The first-order valence-electron chi connectivity index (χ1n) is 14.7. The molecule has 0 bridgehead atoms. The molecule has 2 fully saturated rings. The smallest absolute Gasteiger partial charge is 1.00 e. The standard InChI is InChI=1S/C16H26N2O3.C11H18N2O.CH2O3.2Na.H2O.H/c1-14(2,3)21-13(19)18-9-8-12(17-18)20-10-11-15(4,5)16(11,6)7;1-10(2)8(11(10,3)4)7-14-9-5-6-12-13-9;2-1-4-3;;;;/h8-9,11H,10H2,1-7H3;5-6,8H,7H2,1-4H3,(H,12,13);1,3H;;;1H2;/q;;;2*+1;;-1/p-1/i10D2;7D2;;;;;. The normalized spacial score (nSPS) is 20.5. The van der Waals surface area contributed by atoms with Gasteiger partial charge in [0.15, 0.2) is 0 Å². The largest absolute Gasteiger partial charge is 1.00 e. The Labute approximate surface area is 300 Å². The molecule has 14 heteroatoms. The maximum Gasteiger partial charge on any atom is 1.00 e. The Kier molecular flexibility index (Phi) is 13.7. The Balaban J connectivity index is -0.000000712. The van der Waals surface area contributed by atoms with Gasteiger partial charge in [-0.15, -0.1) is 5.10 Å². The van der Waals surface area contributed by atoms with Crippen molar-refractivity contribution in [3.8, 4) is 11.8 Å². The van der Waals surface area contributed by atoms with Gasteiger partial charge < -0.3 is 31.3 Å². The van der Waals surface area contributed by atoms with E-state index in [1.165, 1.54) is 12.3 Å². The molecule has 230 valence electrons. The van der Waals surface area contributed by atoms with Crippen LogP contribution in [0.5, 0.6) is 11.8 Å². The van der Waals surface area contributed by atoms with Gasteiger partial charge in [0.05, 0.1) is 24.8 Å². The van der Waals surface area contributed by atoms with Gasteiger partial charge in [0.2, 0.25) is 11.8 Å². The third-order valence-corrected chi connectivity index (χ3v) is 8.27. The summed E-state index contributed by atoms with van der Waals surface area (Å²) in [6.45, 7) is 18.0. The molecule has 42 heavy (non-hydrogen) atoms. The summed E-state index contributed by atoms with van der Waals surface area (Å²) in [6.07, 6.45) is 2.33. The van der Waals surface area contributed by atoms with Crippen molar-refractivity contribution in [1.29, 1.82) is 0 Å². The number of hydrogen-bond donors (Lipinski definition) is 1. The molecule has 2 saturated carbocycles. The van der Waals surface area contributed by atoms with E-state index < -0.39 is 24.8 Å². The topological polar surface area (TPSA) is 172 Å². The molecule has 2 aliphatic carbocycles. The van der Waals surface area contributed by atoms with Crippen LogP contribution in [0.25, 0.3) is 0 Å². The quantitative estimate of drug-likeness (QED) is 0.158. The van der Waals surface area contributed by atoms with Crippen LogP contribution in [-0.2, 0) is 14.4 Å². The molecule has 2 aliphatic rings. The van der Waals surface area contributed by atoms with E-state index in [2.05, 4.69) is 47.9 Å². The second kappa shape index (κ2) is 16.3. The van der Waals surface area contributed by atoms with Crippen molar-refractivity contribution in [3.05, 3.63) is 24.5 Å². The third-order valence-electron chi connectivity index (χ3n) is 8.27. The van der Waals surface area contributed by atoms with Crippen LogP contribution in [-0.4, -0.2) is 56.7 Å². The molecular formula is C28H48N4Na2O8. The second-order valence-electron chi connectivity index (χ2n) is 12.9. The number of nitrogens with zero attached hydrogens (tertiary/aromatic N) is 3. The number of carbonyl (C=O) groups excluding carboxylic acids is 2. The average molecular weight is 619 g/mol. The van der Waals surface area contributed by atoms with E-state index in [-0.39, 0.29) is 112 Å². The molecule has 0 spiro atoms. The third kappa shape index (κ3) is 10.5. The van der Waals surface area contributed by atoms with Crippen molar-refractivity contribution in [2.75, 3.05) is 13.1 Å². The zero-order chi connectivity index (χ0) is 33.4. The Morgan fingerprint density at radius 2 is 1.48 bits per heavy atom. The van der Waals surface area contributed by atoms with E-state index in [0.29, 0.717) is 5.88 Å². The molecule has 12 nitrogen and oxygen atoms in total. The SMILES string of the molecule is O.O=CO[O-].[2H]C([2H])(Oc1ccn(C(=O)OC(C)(C)C)n1)C1C(C)(C)C1(C)C.[2H]C([2H])(Oc1ccn[nH]1)C1C(C)(C)C1(C)C.[H-].[Na+].[Na+]. The molecule has 0 atom stereocenters. The zero-order valence-electron chi connectivity index (χ0n) is 32.2. The van der Waals surface area contributed by atoms with E-state index in [4.69, 9.17) is 29.7 Å². The van der Waals surface area contributed by atoms with Gasteiger partial charge in [0.1, 0.15) is 5.60 Å². The number of H-pyrrole nitrogens is 1.